The molecule has 0 spiro atoms. The minimum absolute atomic E-state index is 0.0435. The summed E-state index contributed by atoms with van der Waals surface area (Å²) in [7, 11) is 0. The second-order valence-corrected chi connectivity index (χ2v) is 9.68. The number of halogens is 7. The average molecular weight is 579 g/mol. The van der Waals surface area contributed by atoms with Crippen LogP contribution < -0.4 is 5.32 Å². The third kappa shape index (κ3) is 7.44. The first-order valence-electron chi connectivity index (χ1n) is 11.2. The number of nitrogens with zero attached hydrogens (tertiary/aromatic N) is 3. The second-order valence-electron chi connectivity index (χ2n) is 8.27. The van der Waals surface area contributed by atoms with Crippen LogP contribution in [0.4, 0.5) is 31.5 Å². The van der Waals surface area contributed by atoms with Crippen molar-refractivity contribution in [3.05, 3.63) is 64.2 Å². The Kier molecular flexibility index (Phi) is 9.03. The zero-order valence-electron chi connectivity index (χ0n) is 20.0. The molecule has 3 rings (SSSR count). The van der Waals surface area contributed by atoms with Gasteiger partial charge < -0.3 is 10.2 Å². The Morgan fingerprint density at radius 1 is 1.00 bits per heavy atom. The lowest BCUT2D eigenvalue weighted by Gasteiger charge is -2.29. The molecule has 2 amide bonds. The van der Waals surface area contributed by atoms with Crippen molar-refractivity contribution >= 4 is 39.9 Å². The van der Waals surface area contributed by atoms with Gasteiger partial charge in [0, 0.05) is 35.2 Å². The van der Waals surface area contributed by atoms with Gasteiger partial charge in [-0.15, -0.1) is 10.2 Å². The number of carbonyl (C=O) groups excluding carboxylic acids is 2. The predicted molar refractivity (Wildman–Crippen MR) is 131 cm³/mol. The van der Waals surface area contributed by atoms with E-state index < -0.39 is 46.9 Å². The van der Waals surface area contributed by atoms with Gasteiger partial charge in [0.25, 0.3) is 5.91 Å². The largest absolute Gasteiger partial charge is 0.416 e. The first-order chi connectivity index (χ1) is 17.7. The van der Waals surface area contributed by atoms with E-state index >= 15 is 0 Å². The minimum atomic E-state index is -5.09. The van der Waals surface area contributed by atoms with E-state index in [2.05, 4.69) is 15.5 Å². The van der Waals surface area contributed by atoms with E-state index in [0.717, 1.165) is 21.8 Å². The van der Waals surface area contributed by atoms with Gasteiger partial charge in [0.15, 0.2) is 0 Å². The molecular weight excluding hydrogens is 558 g/mol. The average Bonchev–Trinajstić information content (AvgIpc) is 3.31. The standard InChI is InChI=1S/C24H21ClF6N4O2S/c1-3-13(2)35(21(37)15-10-16(23(26,27)28)12-17(11-15)24(29,30)31)9-8-19(36)32-22-34-33-20(38-22)14-4-6-18(25)7-5-14/h4-7,10-13H,3,8-9H2,1-2H3,(H,32,34,36)/t13-/m1/s1. The van der Waals surface area contributed by atoms with Crippen LogP contribution >= 0.6 is 22.9 Å². The van der Waals surface area contributed by atoms with Crippen LogP contribution in [0.15, 0.2) is 42.5 Å². The maximum Gasteiger partial charge on any atom is 0.416 e. The van der Waals surface area contributed by atoms with Crippen LogP contribution in [0.5, 0.6) is 0 Å². The van der Waals surface area contributed by atoms with Crippen LogP contribution in [-0.2, 0) is 17.1 Å². The quantitative estimate of drug-likeness (QED) is 0.288. The van der Waals surface area contributed by atoms with E-state index in [-0.39, 0.29) is 24.2 Å². The van der Waals surface area contributed by atoms with Gasteiger partial charge in [0.1, 0.15) is 5.01 Å². The molecule has 0 unspecified atom stereocenters. The van der Waals surface area contributed by atoms with E-state index in [1.807, 2.05) is 0 Å². The highest BCUT2D eigenvalue weighted by atomic mass is 35.5. The molecule has 0 bridgehead atoms. The fraction of sp³-hybridized carbons (Fsp3) is 0.333. The van der Waals surface area contributed by atoms with Crippen LogP contribution in [0.3, 0.4) is 0 Å². The van der Waals surface area contributed by atoms with Gasteiger partial charge in [0.2, 0.25) is 11.0 Å². The number of anilines is 1. The molecule has 0 saturated heterocycles. The van der Waals surface area contributed by atoms with Gasteiger partial charge >= 0.3 is 12.4 Å². The summed E-state index contributed by atoms with van der Waals surface area (Å²) < 4.78 is 79.5. The lowest BCUT2D eigenvalue weighted by molar-refractivity contribution is -0.143. The van der Waals surface area contributed by atoms with Crippen molar-refractivity contribution in [3.63, 3.8) is 0 Å². The fourth-order valence-corrected chi connectivity index (χ4v) is 4.26. The molecule has 1 N–H and O–H groups in total. The Morgan fingerprint density at radius 2 is 1.58 bits per heavy atom. The number of alkyl halides is 6. The van der Waals surface area contributed by atoms with Crippen molar-refractivity contribution in [1.82, 2.24) is 15.1 Å². The zero-order chi connectivity index (χ0) is 28.3. The molecule has 0 saturated carbocycles. The van der Waals surface area contributed by atoms with E-state index in [9.17, 15) is 35.9 Å². The Labute approximate surface area is 222 Å². The van der Waals surface area contributed by atoms with E-state index in [1.54, 1.807) is 38.1 Å². The summed E-state index contributed by atoms with van der Waals surface area (Å²) in [6, 6.07) is 6.93. The third-order valence-electron chi connectivity index (χ3n) is 5.56. The van der Waals surface area contributed by atoms with Gasteiger partial charge in [-0.25, -0.2) is 0 Å². The topological polar surface area (TPSA) is 75.2 Å². The molecule has 14 heteroatoms. The van der Waals surface area contributed by atoms with Crippen molar-refractivity contribution in [1.29, 1.82) is 0 Å². The van der Waals surface area contributed by atoms with Gasteiger partial charge in [-0.05, 0) is 43.7 Å². The summed E-state index contributed by atoms with van der Waals surface area (Å²) in [6.07, 6.45) is -10.1. The van der Waals surface area contributed by atoms with Crippen LogP contribution in [0.25, 0.3) is 10.6 Å². The Hall–Kier alpha value is -3.19. The number of benzene rings is 2. The number of rotatable bonds is 8. The summed E-state index contributed by atoms with van der Waals surface area (Å²) in [5.74, 6) is -1.62. The van der Waals surface area contributed by atoms with Gasteiger partial charge in [-0.3, -0.25) is 9.59 Å². The van der Waals surface area contributed by atoms with E-state index in [1.165, 1.54) is 0 Å². The SMILES string of the molecule is CC[C@@H](C)N(CCC(=O)Nc1nnc(-c2ccc(Cl)cc2)s1)C(=O)c1cc(C(F)(F)F)cc(C(F)(F)F)c1. The van der Waals surface area contributed by atoms with Crippen LogP contribution in [0.2, 0.25) is 5.02 Å². The molecular formula is C24H21ClF6N4O2S. The highest BCUT2D eigenvalue weighted by molar-refractivity contribution is 7.18. The molecule has 2 aromatic carbocycles. The smallest absolute Gasteiger partial charge is 0.335 e. The van der Waals surface area contributed by atoms with Crippen molar-refractivity contribution in [3.8, 4) is 10.6 Å². The number of amides is 2. The van der Waals surface area contributed by atoms with Crippen molar-refractivity contribution < 1.29 is 35.9 Å². The highest BCUT2D eigenvalue weighted by Gasteiger charge is 2.38. The number of hydrogen-bond donors (Lipinski definition) is 1. The van der Waals surface area contributed by atoms with Crippen molar-refractivity contribution in [2.75, 3.05) is 11.9 Å². The van der Waals surface area contributed by atoms with Crippen LogP contribution in [-0.4, -0.2) is 39.5 Å². The summed E-state index contributed by atoms with van der Waals surface area (Å²) >= 11 is 6.95. The van der Waals surface area contributed by atoms with Crippen molar-refractivity contribution in [2.45, 2.75) is 45.1 Å². The van der Waals surface area contributed by atoms with Gasteiger partial charge in [0.05, 0.1) is 11.1 Å². The van der Waals surface area contributed by atoms with E-state index in [0.29, 0.717) is 28.6 Å². The summed E-state index contributed by atoms with van der Waals surface area (Å²) in [5, 5.41) is 11.6. The molecule has 1 heterocycles. The summed E-state index contributed by atoms with van der Waals surface area (Å²) in [4.78, 5) is 26.7. The number of nitrogens with one attached hydrogen (secondary N) is 1. The predicted octanol–water partition coefficient (Wildman–Crippen LogP) is 7.17. The summed E-state index contributed by atoms with van der Waals surface area (Å²) in [5.41, 5.74) is -3.24. The lowest BCUT2D eigenvalue weighted by Crippen LogP contribution is -2.40. The summed E-state index contributed by atoms with van der Waals surface area (Å²) in [6.45, 7) is 3.02. The number of hydrogen-bond acceptors (Lipinski definition) is 5. The zero-order valence-corrected chi connectivity index (χ0v) is 21.5. The first kappa shape index (κ1) is 29.4. The minimum Gasteiger partial charge on any atom is -0.335 e. The molecule has 6 nitrogen and oxygen atoms in total. The van der Waals surface area contributed by atoms with Gasteiger partial charge in [-0.1, -0.05) is 42.0 Å². The van der Waals surface area contributed by atoms with Crippen molar-refractivity contribution in [2.24, 2.45) is 0 Å². The number of aromatic nitrogens is 2. The molecule has 0 radical (unpaired) electrons. The molecule has 0 aliphatic rings. The fourth-order valence-electron chi connectivity index (χ4n) is 3.37. The van der Waals surface area contributed by atoms with Gasteiger partial charge in [-0.2, -0.15) is 26.3 Å². The molecule has 0 aliphatic heterocycles. The Morgan fingerprint density at radius 3 is 2.11 bits per heavy atom. The monoisotopic (exact) mass is 578 g/mol. The lowest BCUT2D eigenvalue weighted by atomic mass is 10.0. The highest BCUT2D eigenvalue weighted by Crippen LogP contribution is 2.36. The normalized spacial score (nSPS) is 12.8. The molecule has 0 fully saturated rings. The molecule has 0 aliphatic carbocycles. The third-order valence-corrected chi connectivity index (χ3v) is 6.70. The Bertz CT molecular complexity index is 1260. The second kappa shape index (κ2) is 11.7. The molecule has 3 aromatic rings. The maximum atomic E-state index is 13.3. The maximum absolute atomic E-state index is 13.3. The van der Waals surface area contributed by atoms with Crippen LogP contribution in [0, 0.1) is 0 Å². The Balaban J connectivity index is 1.76. The molecule has 1 atom stereocenters. The number of carbonyl (C=O) groups is 2. The first-order valence-corrected chi connectivity index (χ1v) is 12.4. The van der Waals surface area contributed by atoms with Crippen LogP contribution in [0.1, 0.15) is 48.2 Å². The molecule has 204 valence electrons. The molecule has 1 aromatic heterocycles. The molecule has 38 heavy (non-hydrogen) atoms. The van der Waals surface area contributed by atoms with E-state index in [4.69, 9.17) is 11.6 Å².